The molecule has 23 heavy (non-hydrogen) atoms. The van der Waals surface area contributed by atoms with Crippen molar-refractivity contribution in [1.82, 2.24) is 9.80 Å². The predicted octanol–water partition coefficient (Wildman–Crippen LogP) is 2.54. The lowest BCUT2D eigenvalue weighted by Crippen LogP contribution is -2.54. The van der Waals surface area contributed by atoms with Gasteiger partial charge in [-0.05, 0) is 43.5 Å². The van der Waals surface area contributed by atoms with Gasteiger partial charge in [0.15, 0.2) is 0 Å². The second-order valence-electron chi connectivity index (χ2n) is 6.98. The van der Waals surface area contributed by atoms with Crippen molar-refractivity contribution in [3.63, 3.8) is 0 Å². The molecule has 0 unspecified atom stereocenters. The van der Waals surface area contributed by atoms with Crippen LogP contribution in [0.1, 0.15) is 31.2 Å². The van der Waals surface area contributed by atoms with Crippen molar-refractivity contribution in [2.75, 3.05) is 32.8 Å². The van der Waals surface area contributed by atoms with Crippen LogP contribution in [-0.4, -0.2) is 53.6 Å². The summed E-state index contributed by atoms with van der Waals surface area (Å²) >= 11 is 6.09. The van der Waals surface area contributed by atoms with Crippen molar-refractivity contribution in [1.29, 1.82) is 0 Å². The van der Waals surface area contributed by atoms with Gasteiger partial charge in [-0.2, -0.15) is 0 Å². The minimum absolute atomic E-state index is 0.0497. The monoisotopic (exact) mass is 336 g/mol. The molecule has 0 aromatic heterocycles. The highest BCUT2D eigenvalue weighted by atomic mass is 35.5. The van der Waals surface area contributed by atoms with E-state index in [0.717, 1.165) is 37.6 Å². The maximum absolute atomic E-state index is 12.0. The fourth-order valence-corrected chi connectivity index (χ4v) is 4.31. The summed E-state index contributed by atoms with van der Waals surface area (Å²) in [6.07, 6.45) is 3.93. The molecule has 1 aromatic carbocycles. The van der Waals surface area contributed by atoms with Crippen LogP contribution in [0.4, 0.5) is 0 Å². The van der Waals surface area contributed by atoms with Crippen LogP contribution in [-0.2, 0) is 11.3 Å². The molecule has 1 atom stereocenters. The van der Waals surface area contributed by atoms with Crippen molar-refractivity contribution in [3.8, 4) is 0 Å². The number of carbonyl (C=O) groups is 1. The zero-order chi connectivity index (χ0) is 16.3. The van der Waals surface area contributed by atoms with Gasteiger partial charge in [-0.1, -0.05) is 23.7 Å². The molecule has 2 heterocycles. The lowest BCUT2D eigenvalue weighted by Gasteiger charge is -2.48. The van der Waals surface area contributed by atoms with E-state index in [9.17, 15) is 9.90 Å². The van der Waals surface area contributed by atoms with Gasteiger partial charge in [-0.3, -0.25) is 9.69 Å². The van der Waals surface area contributed by atoms with Crippen LogP contribution in [0.2, 0.25) is 5.02 Å². The number of amides is 1. The molecule has 0 radical (unpaired) electrons. The Bertz CT molecular complexity index is 566. The quantitative estimate of drug-likeness (QED) is 0.919. The highest BCUT2D eigenvalue weighted by molar-refractivity contribution is 6.30. The zero-order valence-electron chi connectivity index (χ0n) is 13.5. The SMILES string of the molecule is O=C1CC[C@@]2(CCCN(Cc3cccc(Cl)c3)C2)CN1CCO. The number of hydrogen-bond donors (Lipinski definition) is 1. The molecule has 1 spiro atoms. The van der Waals surface area contributed by atoms with E-state index in [1.807, 2.05) is 23.1 Å². The number of halogens is 1. The van der Waals surface area contributed by atoms with Gasteiger partial charge in [0.05, 0.1) is 6.61 Å². The van der Waals surface area contributed by atoms with E-state index in [2.05, 4.69) is 11.0 Å². The van der Waals surface area contributed by atoms with Crippen LogP contribution >= 0.6 is 11.6 Å². The van der Waals surface area contributed by atoms with Crippen LogP contribution in [0.15, 0.2) is 24.3 Å². The molecule has 126 valence electrons. The molecule has 2 aliphatic heterocycles. The number of likely N-dealkylation sites (tertiary alicyclic amines) is 2. The minimum Gasteiger partial charge on any atom is -0.395 e. The van der Waals surface area contributed by atoms with Gasteiger partial charge < -0.3 is 10.0 Å². The number of aliphatic hydroxyl groups excluding tert-OH is 1. The van der Waals surface area contributed by atoms with Crippen molar-refractivity contribution >= 4 is 17.5 Å². The third-order valence-corrected chi connectivity index (χ3v) is 5.39. The third kappa shape index (κ3) is 4.06. The summed E-state index contributed by atoms with van der Waals surface area (Å²) in [5.41, 5.74) is 1.44. The second-order valence-corrected chi connectivity index (χ2v) is 7.42. The Morgan fingerprint density at radius 3 is 2.91 bits per heavy atom. The van der Waals surface area contributed by atoms with Crippen LogP contribution in [0, 0.1) is 5.41 Å². The Balaban J connectivity index is 1.66. The summed E-state index contributed by atoms with van der Waals surface area (Å²) < 4.78 is 0. The summed E-state index contributed by atoms with van der Waals surface area (Å²) in [5.74, 6) is 0.191. The first-order valence-electron chi connectivity index (χ1n) is 8.46. The second kappa shape index (κ2) is 7.20. The van der Waals surface area contributed by atoms with Gasteiger partial charge in [0, 0.05) is 43.0 Å². The molecular formula is C18H25ClN2O2. The first kappa shape index (κ1) is 16.7. The average molecular weight is 337 g/mol. The zero-order valence-corrected chi connectivity index (χ0v) is 14.3. The van der Waals surface area contributed by atoms with Crippen molar-refractivity contribution in [3.05, 3.63) is 34.9 Å². The molecule has 0 aliphatic carbocycles. The van der Waals surface area contributed by atoms with Gasteiger partial charge in [0.2, 0.25) is 5.91 Å². The topological polar surface area (TPSA) is 43.8 Å². The van der Waals surface area contributed by atoms with Gasteiger partial charge >= 0.3 is 0 Å². The highest BCUT2D eigenvalue weighted by Crippen LogP contribution is 2.39. The number of aliphatic hydroxyl groups is 1. The van der Waals surface area contributed by atoms with Crippen molar-refractivity contribution < 1.29 is 9.90 Å². The molecule has 5 heteroatoms. The molecule has 0 saturated carbocycles. The largest absolute Gasteiger partial charge is 0.395 e. The molecular weight excluding hydrogens is 312 g/mol. The van der Waals surface area contributed by atoms with Crippen LogP contribution < -0.4 is 0 Å². The molecule has 1 amide bonds. The van der Waals surface area contributed by atoms with E-state index in [0.29, 0.717) is 13.0 Å². The van der Waals surface area contributed by atoms with E-state index in [1.54, 1.807) is 0 Å². The molecule has 1 N–H and O–H groups in total. The van der Waals surface area contributed by atoms with Crippen molar-refractivity contribution in [2.45, 2.75) is 32.2 Å². The number of benzene rings is 1. The Kier molecular flexibility index (Phi) is 5.24. The summed E-state index contributed by atoms with van der Waals surface area (Å²) in [6, 6.07) is 8.06. The van der Waals surface area contributed by atoms with E-state index in [-0.39, 0.29) is 17.9 Å². The average Bonchev–Trinajstić information content (AvgIpc) is 2.52. The van der Waals surface area contributed by atoms with Gasteiger partial charge in [0.25, 0.3) is 0 Å². The number of nitrogens with zero attached hydrogens (tertiary/aromatic N) is 2. The fraction of sp³-hybridized carbons (Fsp3) is 0.611. The Hall–Kier alpha value is -1.10. The van der Waals surface area contributed by atoms with Gasteiger partial charge in [-0.15, -0.1) is 0 Å². The predicted molar refractivity (Wildman–Crippen MR) is 91.3 cm³/mol. The number of piperidine rings is 2. The van der Waals surface area contributed by atoms with E-state index < -0.39 is 0 Å². The number of rotatable bonds is 4. The smallest absolute Gasteiger partial charge is 0.222 e. The van der Waals surface area contributed by atoms with Crippen LogP contribution in [0.25, 0.3) is 0 Å². The first-order chi connectivity index (χ1) is 11.1. The van der Waals surface area contributed by atoms with E-state index in [4.69, 9.17) is 11.6 Å². The molecule has 3 rings (SSSR count). The Morgan fingerprint density at radius 2 is 2.13 bits per heavy atom. The van der Waals surface area contributed by atoms with Crippen LogP contribution in [0.3, 0.4) is 0 Å². The Morgan fingerprint density at radius 1 is 1.26 bits per heavy atom. The first-order valence-corrected chi connectivity index (χ1v) is 8.83. The minimum atomic E-state index is 0.0497. The highest BCUT2D eigenvalue weighted by Gasteiger charge is 2.41. The lowest BCUT2D eigenvalue weighted by molar-refractivity contribution is -0.140. The van der Waals surface area contributed by atoms with E-state index in [1.165, 1.54) is 18.4 Å². The standard InChI is InChI=1S/C18H25ClN2O2/c19-16-4-1-3-15(11-16)12-20-8-2-6-18(13-20)7-5-17(23)21(14-18)9-10-22/h1,3-4,11,22H,2,5-10,12-14H2/t18-/m1/s1. The third-order valence-electron chi connectivity index (χ3n) is 5.15. The Labute approximate surface area is 143 Å². The lowest BCUT2D eigenvalue weighted by atomic mass is 9.73. The molecule has 2 saturated heterocycles. The van der Waals surface area contributed by atoms with E-state index >= 15 is 0 Å². The summed E-state index contributed by atoms with van der Waals surface area (Å²) in [4.78, 5) is 16.3. The van der Waals surface area contributed by atoms with Gasteiger partial charge in [-0.25, -0.2) is 0 Å². The number of carbonyl (C=O) groups excluding carboxylic acids is 1. The van der Waals surface area contributed by atoms with Crippen molar-refractivity contribution in [2.24, 2.45) is 5.41 Å². The molecule has 1 aromatic rings. The fourth-order valence-electron chi connectivity index (χ4n) is 4.10. The molecule has 2 fully saturated rings. The normalized spacial score (nSPS) is 26.0. The summed E-state index contributed by atoms with van der Waals surface area (Å²) in [5, 5.41) is 9.96. The maximum atomic E-state index is 12.0. The summed E-state index contributed by atoms with van der Waals surface area (Å²) in [6.45, 7) is 4.34. The number of hydrogen-bond acceptors (Lipinski definition) is 3. The maximum Gasteiger partial charge on any atom is 0.222 e. The number of β-amino-alcohol motifs (C(OH)–C–C–N with tert-alkyl or cyclic N) is 1. The van der Waals surface area contributed by atoms with Gasteiger partial charge in [0.1, 0.15) is 0 Å². The van der Waals surface area contributed by atoms with Crippen LogP contribution in [0.5, 0.6) is 0 Å². The molecule has 4 nitrogen and oxygen atoms in total. The molecule has 2 aliphatic rings. The molecule has 0 bridgehead atoms. The summed E-state index contributed by atoms with van der Waals surface area (Å²) in [7, 11) is 0.